The zero-order valence-electron chi connectivity index (χ0n) is 13.8. The van der Waals surface area contributed by atoms with E-state index in [1.807, 2.05) is 36.4 Å². The zero-order chi connectivity index (χ0) is 18.0. The molecule has 0 spiro atoms. The minimum atomic E-state index is -0.671. The first-order valence-corrected chi connectivity index (χ1v) is 8.63. The number of nitrogens with one attached hydrogen (secondary N) is 1. The first-order valence-electron chi connectivity index (χ1n) is 8.63. The van der Waals surface area contributed by atoms with Gasteiger partial charge in [-0.1, -0.05) is 36.4 Å². The Hall–Kier alpha value is -3.15. The van der Waals surface area contributed by atoms with Crippen LogP contribution in [0.1, 0.15) is 16.8 Å². The second kappa shape index (κ2) is 5.17. The van der Waals surface area contributed by atoms with Crippen LogP contribution in [0.15, 0.2) is 48.6 Å². The lowest BCUT2D eigenvalue weighted by Crippen LogP contribution is -2.47. The number of aromatic hydroxyl groups is 1. The third-order valence-electron chi connectivity index (χ3n) is 5.79. The van der Waals surface area contributed by atoms with E-state index in [0.29, 0.717) is 0 Å². The molecule has 1 aliphatic heterocycles. The highest BCUT2D eigenvalue weighted by atomic mass is 16.3. The Kier molecular flexibility index (Phi) is 3.01. The van der Waals surface area contributed by atoms with Crippen LogP contribution >= 0.6 is 0 Å². The van der Waals surface area contributed by atoms with Gasteiger partial charge in [-0.3, -0.25) is 19.8 Å². The van der Waals surface area contributed by atoms with Crippen molar-refractivity contribution < 1.29 is 19.5 Å². The van der Waals surface area contributed by atoms with Crippen molar-refractivity contribution in [3.05, 3.63) is 54.1 Å². The van der Waals surface area contributed by atoms with Crippen molar-refractivity contribution in [3.63, 3.8) is 0 Å². The van der Waals surface area contributed by atoms with Crippen LogP contribution in [0.4, 0.5) is 0 Å². The molecule has 3 aliphatic rings. The molecule has 2 fully saturated rings. The molecule has 6 nitrogen and oxygen atoms in total. The summed E-state index contributed by atoms with van der Waals surface area (Å²) in [6.45, 7) is 0. The van der Waals surface area contributed by atoms with Crippen LogP contribution in [0.5, 0.6) is 5.75 Å². The number of phenolic OH excluding ortho intramolecular Hbond substituents is 1. The first kappa shape index (κ1) is 15.1. The molecule has 4 atom stereocenters. The highest BCUT2D eigenvalue weighted by Crippen LogP contribution is 2.52. The predicted molar refractivity (Wildman–Crippen MR) is 92.6 cm³/mol. The van der Waals surface area contributed by atoms with Crippen LogP contribution in [0.25, 0.3) is 10.8 Å². The highest BCUT2D eigenvalue weighted by molar-refractivity contribution is 6.09. The molecular weight excluding hydrogens is 332 g/mol. The number of fused-ring (bicyclic) bond motifs is 6. The van der Waals surface area contributed by atoms with E-state index in [1.54, 1.807) is 6.07 Å². The highest BCUT2D eigenvalue weighted by Gasteiger charge is 2.59. The van der Waals surface area contributed by atoms with E-state index in [1.165, 1.54) is 6.07 Å². The van der Waals surface area contributed by atoms with E-state index in [4.69, 9.17) is 0 Å². The minimum Gasteiger partial charge on any atom is -0.507 e. The Morgan fingerprint density at radius 2 is 1.58 bits per heavy atom. The fraction of sp³-hybridized carbons (Fsp3) is 0.250. The van der Waals surface area contributed by atoms with Gasteiger partial charge in [-0.05, 0) is 41.2 Å². The third-order valence-corrected chi connectivity index (χ3v) is 5.79. The lowest BCUT2D eigenvalue weighted by molar-refractivity contribution is -0.143. The molecule has 2 aromatic carbocycles. The number of carbonyl (C=O) groups excluding carboxylic acids is 3. The van der Waals surface area contributed by atoms with Crippen molar-refractivity contribution in [2.75, 3.05) is 0 Å². The summed E-state index contributed by atoms with van der Waals surface area (Å²) in [6.07, 6.45) is 4.83. The number of rotatable bonds is 2. The van der Waals surface area contributed by atoms with Crippen LogP contribution in [-0.2, 0) is 9.59 Å². The Bertz CT molecular complexity index is 982. The summed E-state index contributed by atoms with van der Waals surface area (Å²) in [5.74, 6) is -2.16. The summed E-state index contributed by atoms with van der Waals surface area (Å²) in [6, 6.07) is 10.4. The third kappa shape index (κ3) is 1.95. The zero-order valence-corrected chi connectivity index (χ0v) is 13.8. The average molecular weight is 348 g/mol. The number of hydrogen-bond donors (Lipinski definition) is 2. The molecule has 2 aromatic rings. The van der Waals surface area contributed by atoms with Gasteiger partial charge in [-0.15, -0.1) is 0 Å². The van der Waals surface area contributed by atoms with Crippen molar-refractivity contribution in [3.8, 4) is 5.75 Å². The quantitative estimate of drug-likeness (QED) is 0.642. The van der Waals surface area contributed by atoms with Crippen LogP contribution < -0.4 is 5.43 Å². The predicted octanol–water partition coefficient (Wildman–Crippen LogP) is 2.00. The molecule has 1 saturated carbocycles. The van der Waals surface area contributed by atoms with Gasteiger partial charge in [0.15, 0.2) is 0 Å². The molecular formula is C20H16N2O4. The van der Waals surface area contributed by atoms with Gasteiger partial charge in [0, 0.05) is 0 Å². The smallest absolute Gasteiger partial charge is 0.274 e. The van der Waals surface area contributed by atoms with Crippen molar-refractivity contribution in [2.24, 2.45) is 23.7 Å². The van der Waals surface area contributed by atoms with Crippen molar-refractivity contribution >= 4 is 28.5 Å². The Morgan fingerprint density at radius 3 is 2.19 bits per heavy atom. The fourth-order valence-corrected chi connectivity index (χ4v) is 4.58. The summed E-state index contributed by atoms with van der Waals surface area (Å²) >= 11 is 0. The van der Waals surface area contributed by atoms with Crippen molar-refractivity contribution in [2.45, 2.75) is 6.42 Å². The number of nitrogens with zero attached hydrogens (tertiary/aromatic N) is 1. The molecule has 5 rings (SSSR count). The topological polar surface area (TPSA) is 86.7 Å². The van der Waals surface area contributed by atoms with Gasteiger partial charge in [-0.2, -0.15) is 5.01 Å². The lowest BCUT2D eigenvalue weighted by atomic mass is 9.85. The molecule has 2 bridgehead atoms. The molecule has 3 amide bonds. The summed E-state index contributed by atoms with van der Waals surface area (Å²) in [5.41, 5.74) is 2.44. The SMILES string of the molecule is O=C(NN1C(=O)[C@@H]2[C@H](C1=O)[C@H]1C=C[C@@H]2C1)c1cc2ccccc2cc1O. The summed E-state index contributed by atoms with van der Waals surface area (Å²) in [7, 11) is 0. The van der Waals surface area contributed by atoms with Crippen LogP contribution in [0.3, 0.4) is 0 Å². The summed E-state index contributed by atoms with van der Waals surface area (Å²) < 4.78 is 0. The maximum Gasteiger partial charge on any atom is 0.274 e. The number of benzene rings is 2. The molecule has 26 heavy (non-hydrogen) atoms. The summed E-state index contributed by atoms with van der Waals surface area (Å²) in [5, 5.41) is 12.6. The molecule has 2 N–H and O–H groups in total. The lowest BCUT2D eigenvalue weighted by Gasteiger charge is -2.18. The number of imide groups is 1. The fourth-order valence-electron chi connectivity index (χ4n) is 4.58. The maximum absolute atomic E-state index is 12.6. The molecule has 6 heteroatoms. The summed E-state index contributed by atoms with van der Waals surface area (Å²) in [4.78, 5) is 37.9. The van der Waals surface area contributed by atoms with E-state index in [-0.39, 0.29) is 46.8 Å². The first-order chi connectivity index (χ1) is 12.5. The van der Waals surface area contributed by atoms with E-state index >= 15 is 0 Å². The molecule has 1 saturated heterocycles. The Morgan fingerprint density at radius 1 is 1.00 bits per heavy atom. The molecule has 0 radical (unpaired) electrons. The Balaban J connectivity index is 1.44. The van der Waals surface area contributed by atoms with E-state index in [0.717, 1.165) is 22.2 Å². The maximum atomic E-state index is 12.6. The van der Waals surface area contributed by atoms with Crippen LogP contribution in [-0.4, -0.2) is 27.8 Å². The number of allylic oxidation sites excluding steroid dienone is 2. The number of carbonyl (C=O) groups is 3. The van der Waals surface area contributed by atoms with Gasteiger partial charge in [-0.25, -0.2) is 0 Å². The van der Waals surface area contributed by atoms with E-state index < -0.39 is 5.91 Å². The van der Waals surface area contributed by atoms with E-state index in [9.17, 15) is 19.5 Å². The molecule has 1 heterocycles. The normalized spacial score (nSPS) is 28.8. The average Bonchev–Trinajstić information content (AvgIpc) is 3.31. The van der Waals surface area contributed by atoms with Gasteiger partial charge < -0.3 is 5.11 Å². The second-order valence-electron chi connectivity index (χ2n) is 7.17. The number of phenols is 1. The van der Waals surface area contributed by atoms with Gasteiger partial charge in [0.2, 0.25) is 0 Å². The van der Waals surface area contributed by atoms with Gasteiger partial charge in [0.1, 0.15) is 5.75 Å². The number of hydrazine groups is 1. The van der Waals surface area contributed by atoms with Crippen molar-refractivity contribution in [1.29, 1.82) is 0 Å². The van der Waals surface area contributed by atoms with Gasteiger partial charge in [0.25, 0.3) is 17.7 Å². The van der Waals surface area contributed by atoms with Crippen LogP contribution in [0, 0.1) is 23.7 Å². The second-order valence-corrected chi connectivity index (χ2v) is 7.17. The Labute approximate surface area is 149 Å². The minimum absolute atomic E-state index is 0.0301. The number of hydrogen-bond acceptors (Lipinski definition) is 4. The van der Waals surface area contributed by atoms with E-state index in [2.05, 4.69) is 5.43 Å². The van der Waals surface area contributed by atoms with Crippen LogP contribution in [0.2, 0.25) is 0 Å². The molecule has 0 unspecified atom stereocenters. The standard InChI is InChI=1S/C20H16N2O4/c23-15-9-11-4-2-1-3-10(11)8-14(15)18(24)21-22-19(25)16-12-5-6-13(7-12)17(16)20(22)26/h1-6,8-9,12-13,16-17,23H,7H2,(H,21,24)/t12-,13+,16+,17-. The van der Waals surface area contributed by atoms with Gasteiger partial charge >= 0.3 is 0 Å². The largest absolute Gasteiger partial charge is 0.507 e. The monoisotopic (exact) mass is 348 g/mol. The van der Waals surface area contributed by atoms with Gasteiger partial charge in [0.05, 0.1) is 17.4 Å². The molecule has 0 aromatic heterocycles. The molecule has 2 aliphatic carbocycles. The van der Waals surface area contributed by atoms with Crippen molar-refractivity contribution in [1.82, 2.24) is 10.4 Å². The molecule has 130 valence electrons. The number of amides is 3.